The molecule has 8 nitrogen and oxygen atoms in total. The molecule has 3 aromatic rings. The molecule has 1 atom stereocenters. The molecule has 1 aromatic heterocycles. The SMILES string of the molecule is Cc1noc(C)c1CNC(=O)CN1C(=O)c2ccccc2N2C(=O)c3ccccc3[C@@H]12. The molecule has 156 valence electrons. The number of aromatic nitrogens is 1. The van der Waals surface area contributed by atoms with Gasteiger partial charge in [0.05, 0.1) is 16.9 Å². The first-order chi connectivity index (χ1) is 15.0. The van der Waals surface area contributed by atoms with Crippen LogP contribution in [0.5, 0.6) is 0 Å². The number of carbonyl (C=O) groups excluding carboxylic acids is 3. The molecule has 0 bridgehead atoms. The van der Waals surface area contributed by atoms with Gasteiger partial charge in [-0.3, -0.25) is 19.3 Å². The van der Waals surface area contributed by atoms with E-state index in [1.807, 2.05) is 19.1 Å². The van der Waals surface area contributed by atoms with E-state index in [4.69, 9.17) is 4.52 Å². The normalized spacial score (nSPS) is 16.8. The van der Waals surface area contributed by atoms with Crippen molar-refractivity contribution in [2.75, 3.05) is 11.4 Å². The average molecular weight is 416 g/mol. The molecule has 0 spiro atoms. The number of rotatable bonds is 4. The molecule has 1 N–H and O–H groups in total. The molecule has 2 aliphatic rings. The van der Waals surface area contributed by atoms with Gasteiger partial charge in [-0.05, 0) is 32.0 Å². The number of fused-ring (bicyclic) bond motifs is 5. The summed E-state index contributed by atoms with van der Waals surface area (Å²) >= 11 is 0. The van der Waals surface area contributed by atoms with Crippen LogP contribution >= 0.6 is 0 Å². The fourth-order valence-corrected chi connectivity index (χ4v) is 4.29. The highest BCUT2D eigenvalue weighted by Gasteiger charge is 2.48. The van der Waals surface area contributed by atoms with Crippen molar-refractivity contribution >= 4 is 23.4 Å². The fraction of sp³-hybridized carbons (Fsp3) is 0.217. The van der Waals surface area contributed by atoms with E-state index in [9.17, 15) is 14.4 Å². The predicted octanol–water partition coefficient (Wildman–Crippen LogP) is 2.72. The first-order valence-corrected chi connectivity index (χ1v) is 9.98. The number of nitrogens with one attached hydrogen (secondary N) is 1. The van der Waals surface area contributed by atoms with E-state index in [1.165, 1.54) is 4.90 Å². The van der Waals surface area contributed by atoms with Crippen molar-refractivity contribution in [3.05, 3.63) is 82.2 Å². The molecular formula is C23H20N4O4. The third kappa shape index (κ3) is 2.91. The molecule has 0 unspecified atom stereocenters. The van der Waals surface area contributed by atoms with Gasteiger partial charge in [-0.2, -0.15) is 0 Å². The Bertz CT molecular complexity index is 1210. The second-order valence-electron chi connectivity index (χ2n) is 7.67. The summed E-state index contributed by atoms with van der Waals surface area (Å²) in [6.45, 7) is 3.66. The highest BCUT2D eigenvalue weighted by molar-refractivity contribution is 6.17. The van der Waals surface area contributed by atoms with E-state index < -0.39 is 6.17 Å². The maximum Gasteiger partial charge on any atom is 0.260 e. The maximum atomic E-state index is 13.3. The second-order valence-corrected chi connectivity index (χ2v) is 7.67. The summed E-state index contributed by atoms with van der Waals surface area (Å²) in [7, 11) is 0. The zero-order valence-electron chi connectivity index (χ0n) is 17.1. The van der Waals surface area contributed by atoms with Crippen LogP contribution < -0.4 is 10.2 Å². The lowest BCUT2D eigenvalue weighted by molar-refractivity contribution is -0.122. The van der Waals surface area contributed by atoms with Crippen molar-refractivity contribution in [2.24, 2.45) is 0 Å². The van der Waals surface area contributed by atoms with Crippen LogP contribution in [0.3, 0.4) is 0 Å². The van der Waals surface area contributed by atoms with Crippen LogP contribution in [0.1, 0.15) is 49.5 Å². The number of para-hydroxylation sites is 1. The molecule has 0 aliphatic carbocycles. The van der Waals surface area contributed by atoms with Crippen molar-refractivity contribution in [3.63, 3.8) is 0 Å². The number of anilines is 1. The standard InChI is InChI=1S/C23H20N4O4/c1-13-18(14(2)31-25-13)11-24-20(28)12-26-21-15-7-3-4-8-16(15)23(30)27(21)19-10-6-5-9-17(19)22(26)29/h3-10,21H,11-12H2,1-2H3,(H,24,28)/t21-/m0/s1. The Hall–Kier alpha value is -3.94. The van der Waals surface area contributed by atoms with Gasteiger partial charge in [-0.25, -0.2) is 0 Å². The van der Waals surface area contributed by atoms with Crippen LogP contribution in [0, 0.1) is 13.8 Å². The number of amides is 3. The van der Waals surface area contributed by atoms with Crippen molar-refractivity contribution in [1.29, 1.82) is 0 Å². The number of carbonyl (C=O) groups is 3. The third-order valence-electron chi connectivity index (χ3n) is 5.84. The molecular weight excluding hydrogens is 396 g/mol. The van der Waals surface area contributed by atoms with Gasteiger partial charge < -0.3 is 14.7 Å². The molecule has 0 saturated heterocycles. The van der Waals surface area contributed by atoms with E-state index in [2.05, 4.69) is 10.5 Å². The molecule has 3 amide bonds. The van der Waals surface area contributed by atoms with Gasteiger partial charge in [0.2, 0.25) is 5.91 Å². The van der Waals surface area contributed by atoms with Gasteiger partial charge in [0, 0.05) is 23.2 Å². The monoisotopic (exact) mass is 416 g/mol. The van der Waals surface area contributed by atoms with Crippen LogP contribution in [0.2, 0.25) is 0 Å². The number of hydrogen-bond donors (Lipinski definition) is 1. The first kappa shape index (κ1) is 19.0. The van der Waals surface area contributed by atoms with Gasteiger partial charge in [-0.15, -0.1) is 0 Å². The topological polar surface area (TPSA) is 95.8 Å². The Morgan fingerprint density at radius 3 is 2.48 bits per heavy atom. The van der Waals surface area contributed by atoms with Crippen LogP contribution in [0.25, 0.3) is 0 Å². The van der Waals surface area contributed by atoms with E-state index in [0.717, 1.165) is 5.56 Å². The van der Waals surface area contributed by atoms with Crippen molar-refractivity contribution in [1.82, 2.24) is 15.4 Å². The van der Waals surface area contributed by atoms with Gasteiger partial charge in [-0.1, -0.05) is 35.5 Å². The molecule has 5 rings (SSSR count). The molecule has 31 heavy (non-hydrogen) atoms. The van der Waals surface area contributed by atoms with E-state index >= 15 is 0 Å². The fourth-order valence-electron chi connectivity index (χ4n) is 4.29. The van der Waals surface area contributed by atoms with Crippen molar-refractivity contribution < 1.29 is 18.9 Å². The first-order valence-electron chi connectivity index (χ1n) is 9.98. The van der Waals surface area contributed by atoms with Crippen LogP contribution in [0.4, 0.5) is 5.69 Å². The number of nitrogens with zero attached hydrogens (tertiary/aromatic N) is 3. The Balaban J connectivity index is 1.47. The Morgan fingerprint density at radius 2 is 1.74 bits per heavy atom. The van der Waals surface area contributed by atoms with E-state index in [-0.39, 0.29) is 30.8 Å². The van der Waals surface area contributed by atoms with Crippen molar-refractivity contribution in [2.45, 2.75) is 26.6 Å². The Labute approximate surface area is 178 Å². The third-order valence-corrected chi connectivity index (χ3v) is 5.84. The molecule has 2 aliphatic heterocycles. The second kappa shape index (κ2) is 7.09. The molecule has 3 heterocycles. The highest BCUT2D eigenvalue weighted by atomic mass is 16.5. The minimum absolute atomic E-state index is 0.179. The van der Waals surface area contributed by atoms with E-state index in [0.29, 0.717) is 33.8 Å². The molecule has 8 heteroatoms. The summed E-state index contributed by atoms with van der Waals surface area (Å²) in [5.41, 5.74) is 3.74. The lowest BCUT2D eigenvalue weighted by atomic mass is 10.0. The zero-order chi connectivity index (χ0) is 21.7. The molecule has 2 aromatic carbocycles. The average Bonchev–Trinajstić information content (AvgIpc) is 3.26. The molecule has 0 radical (unpaired) electrons. The smallest absolute Gasteiger partial charge is 0.260 e. The van der Waals surface area contributed by atoms with Crippen LogP contribution in [-0.4, -0.2) is 34.3 Å². The highest BCUT2D eigenvalue weighted by Crippen LogP contribution is 2.44. The zero-order valence-corrected chi connectivity index (χ0v) is 17.1. The van der Waals surface area contributed by atoms with Gasteiger partial charge in [0.1, 0.15) is 18.5 Å². The maximum absolute atomic E-state index is 13.3. The summed E-state index contributed by atoms with van der Waals surface area (Å²) in [5.74, 6) is -0.151. The van der Waals surface area contributed by atoms with Crippen LogP contribution in [0.15, 0.2) is 53.1 Å². The largest absolute Gasteiger partial charge is 0.361 e. The predicted molar refractivity (Wildman–Crippen MR) is 111 cm³/mol. The lowest BCUT2D eigenvalue weighted by Crippen LogP contribution is -2.51. The minimum atomic E-state index is -0.657. The van der Waals surface area contributed by atoms with Gasteiger partial charge in [0.25, 0.3) is 11.8 Å². The van der Waals surface area contributed by atoms with Gasteiger partial charge in [0.15, 0.2) is 0 Å². The summed E-state index contributed by atoms with van der Waals surface area (Å²) in [5, 5.41) is 6.73. The quantitative estimate of drug-likeness (QED) is 0.706. The van der Waals surface area contributed by atoms with Gasteiger partial charge >= 0.3 is 0 Å². The Morgan fingerprint density at radius 1 is 1.03 bits per heavy atom. The summed E-state index contributed by atoms with van der Waals surface area (Å²) < 4.78 is 5.13. The Kier molecular flexibility index (Phi) is 4.35. The molecule has 0 fully saturated rings. The lowest BCUT2D eigenvalue weighted by Gasteiger charge is -2.40. The van der Waals surface area contributed by atoms with Crippen molar-refractivity contribution in [3.8, 4) is 0 Å². The summed E-state index contributed by atoms with van der Waals surface area (Å²) in [4.78, 5) is 42.4. The number of aryl methyl sites for hydroxylation is 2. The summed E-state index contributed by atoms with van der Waals surface area (Å²) in [6, 6.07) is 14.2. The van der Waals surface area contributed by atoms with E-state index in [1.54, 1.807) is 48.2 Å². The number of benzene rings is 2. The summed E-state index contributed by atoms with van der Waals surface area (Å²) in [6.07, 6.45) is -0.657. The minimum Gasteiger partial charge on any atom is -0.361 e. The van der Waals surface area contributed by atoms with Crippen LogP contribution in [-0.2, 0) is 11.3 Å². The molecule has 0 saturated carbocycles. The number of hydrogen-bond acceptors (Lipinski definition) is 5.